The highest BCUT2D eigenvalue weighted by Gasteiger charge is 2.63. The molecule has 0 saturated carbocycles. The number of ether oxygens (including phenoxy) is 1. The number of β-lactam (4-membered cyclic amide) rings is 1. The normalized spacial score (nSPS) is 20.7. The van der Waals surface area contributed by atoms with Gasteiger partial charge in [0.2, 0.25) is 5.91 Å². The zero-order chi connectivity index (χ0) is 25.2. The van der Waals surface area contributed by atoms with Gasteiger partial charge in [0.05, 0.1) is 41.2 Å². The van der Waals surface area contributed by atoms with E-state index in [9.17, 15) is 14.4 Å². The Hall–Kier alpha value is -3.20. The van der Waals surface area contributed by atoms with Crippen molar-refractivity contribution in [3.8, 4) is 0 Å². The average Bonchev–Trinajstić information content (AvgIpc) is 2.89. The molecular formula is C25H30ClN5O4. The minimum Gasteiger partial charge on any atom is -0.467 e. The molecule has 2 aliphatic heterocycles. The molecule has 2 aliphatic rings. The van der Waals surface area contributed by atoms with Crippen LogP contribution in [0, 0.1) is 11.3 Å². The fraction of sp³-hybridized carbons (Fsp3) is 0.480. The Morgan fingerprint density at radius 1 is 1.29 bits per heavy atom. The van der Waals surface area contributed by atoms with E-state index in [0.29, 0.717) is 36.6 Å². The van der Waals surface area contributed by atoms with Crippen LogP contribution >= 0.6 is 11.6 Å². The van der Waals surface area contributed by atoms with Crippen LogP contribution in [0.25, 0.3) is 0 Å². The Bertz CT molecular complexity index is 1090. The monoisotopic (exact) mass is 499 g/mol. The molecule has 4 heterocycles. The van der Waals surface area contributed by atoms with Crippen molar-refractivity contribution in [3.05, 3.63) is 53.6 Å². The molecule has 1 spiro atoms. The Morgan fingerprint density at radius 2 is 2.03 bits per heavy atom. The van der Waals surface area contributed by atoms with Crippen molar-refractivity contribution in [1.82, 2.24) is 20.2 Å². The van der Waals surface area contributed by atoms with Crippen LogP contribution in [-0.4, -0.2) is 59.0 Å². The summed E-state index contributed by atoms with van der Waals surface area (Å²) in [6.07, 6.45) is 6.55. The molecule has 1 unspecified atom stereocenters. The summed E-state index contributed by atoms with van der Waals surface area (Å²) in [6.45, 7) is 4.63. The summed E-state index contributed by atoms with van der Waals surface area (Å²) >= 11 is 6.15. The minimum absolute atomic E-state index is 0.0238. The number of anilines is 1. The van der Waals surface area contributed by atoms with E-state index in [4.69, 9.17) is 16.3 Å². The van der Waals surface area contributed by atoms with Crippen molar-refractivity contribution in [2.75, 3.05) is 25.1 Å². The fourth-order valence-electron chi connectivity index (χ4n) is 5.02. The third kappa shape index (κ3) is 4.57. The predicted octanol–water partition coefficient (Wildman–Crippen LogP) is 3.60. The van der Waals surface area contributed by atoms with E-state index in [-0.39, 0.29) is 23.9 Å². The lowest BCUT2D eigenvalue weighted by atomic mass is 9.63. The van der Waals surface area contributed by atoms with E-state index in [1.165, 1.54) is 13.3 Å². The zero-order valence-corrected chi connectivity index (χ0v) is 20.9. The lowest BCUT2D eigenvalue weighted by Crippen LogP contribution is -2.67. The number of pyridine rings is 2. The summed E-state index contributed by atoms with van der Waals surface area (Å²) in [7, 11) is 1.32. The summed E-state index contributed by atoms with van der Waals surface area (Å²) in [5.74, 6) is -0.551. The standard InChI is InChI=1S/C25H30ClN5O4/c1-4-16(2)20(22(32)35-3)29-24(34)30-11-8-25(9-12-30)21(19-7-5-6-10-28-19)31(23(25)33)18-13-17(26)14-27-15-18/h5-7,10,13-16,20-21H,4,8-9,11-12H2,1-3H3,(H,29,34)/t16-,20-,21?/m0/s1. The average molecular weight is 500 g/mol. The Labute approximate surface area is 209 Å². The topological polar surface area (TPSA) is 105 Å². The molecule has 10 heteroatoms. The molecule has 0 radical (unpaired) electrons. The van der Waals surface area contributed by atoms with Crippen molar-refractivity contribution in [2.24, 2.45) is 11.3 Å². The number of nitrogens with one attached hydrogen (secondary N) is 1. The van der Waals surface area contributed by atoms with Crippen LogP contribution in [0.2, 0.25) is 5.02 Å². The number of likely N-dealkylation sites (tertiary alicyclic amines) is 1. The number of urea groups is 1. The zero-order valence-electron chi connectivity index (χ0n) is 20.1. The second-order valence-corrected chi connectivity index (χ2v) is 9.61. The first-order valence-corrected chi connectivity index (χ1v) is 12.2. The van der Waals surface area contributed by atoms with Crippen molar-refractivity contribution in [3.63, 3.8) is 0 Å². The number of hydrogen-bond acceptors (Lipinski definition) is 6. The second-order valence-electron chi connectivity index (χ2n) is 9.17. The Kier molecular flexibility index (Phi) is 7.25. The number of rotatable bonds is 6. The maximum Gasteiger partial charge on any atom is 0.328 e. The molecule has 2 aromatic rings. The fourth-order valence-corrected chi connectivity index (χ4v) is 5.19. The molecule has 2 aromatic heterocycles. The van der Waals surface area contributed by atoms with Crippen molar-refractivity contribution in [1.29, 1.82) is 0 Å². The van der Waals surface area contributed by atoms with Gasteiger partial charge in [-0.1, -0.05) is 37.9 Å². The largest absolute Gasteiger partial charge is 0.467 e. The van der Waals surface area contributed by atoms with Crippen molar-refractivity contribution in [2.45, 2.75) is 45.2 Å². The summed E-state index contributed by atoms with van der Waals surface area (Å²) in [4.78, 5) is 50.8. The molecule has 0 bridgehead atoms. The van der Waals surface area contributed by atoms with Crippen LogP contribution in [0.1, 0.15) is 44.8 Å². The summed E-state index contributed by atoms with van der Waals surface area (Å²) in [5, 5.41) is 3.28. The number of nitrogens with zero attached hydrogens (tertiary/aromatic N) is 4. The van der Waals surface area contributed by atoms with E-state index in [0.717, 1.165) is 12.1 Å². The third-order valence-electron chi connectivity index (χ3n) is 7.25. The highest BCUT2D eigenvalue weighted by atomic mass is 35.5. The van der Waals surface area contributed by atoms with Crippen LogP contribution in [0.5, 0.6) is 0 Å². The summed E-state index contributed by atoms with van der Waals surface area (Å²) in [6, 6.07) is 6.04. The highest BCUT2D eigenvalue weighted by Crippen LogP contribution is 2.57. The van der Waals surface area contributed by atoms with Crippen molar-refractivity contribution < 1.29 is 19.1 Å². The van der Waals surface area contributed by atoms with Crippen LogP contribution in [0.15, 0.2) is 42.9 Å². The predicted molar refractivity (Wildman–Crippen MR) is 131 cm³/mol. The molecule has 3 atom stereocenters. The van der Waals surface area contributed by atoms with Gasteiger partial charge in [0.15, 0.2) is 0 Å². The molecule has 2 fully saturated rings. The van der Waals surface area contributed by atoms with Gasteiger partial charge in [0, 0.05) is 25.5 Å². The van der Waals surface area contributed by atoms with Gasteiger partial charge in [0.1, 0.15) is 6.04 Å². The van der Waals surface area contributed by atoms with E-state index < -0.39 is 17.4 Å². The van der Waals surface area contributed by atoms with Gasteiger partial charge in [-0.25, -0.2) is 9.59 Å². The molecular weight excluding hydrogens is 470 g/mol. The van der Waals surface area contributed by atoms with Crippen LogP contribution in [-0.2, 0) is 14.3 Å². The van der Waals surface area contributed by atoms with Crippen LogP contribution < -0.4 is 10.2 Å². The maximum atomic E-state index is 13.6. The first-order chi connectivity index (χ1) is 16.8. The third-order valence-corrected chi connectivity index (χ3v) is 7.46. The molecule has 0 aromatic carbocycles. The van der Waals surface area contributed by atoms with E-state index in [1.54, 1.807) is 28.3 Å². The molecule has 1 N–H and O–H groups in total. The van der Waals surface area contributed by atoms with Gasteiger partial charge in [-0.3, -0.25) is 14.8 Å². The number of hydrogen-bond donors (Lipinski definition) is 1. The van der Waals surface area contributed by atoms with Crippen LogP contribution in [0.4, 0.5) is 10.5 Å². The number of piperidine rings is 1. The molecule has 0 aliphatic carbocycles. The van der Waals surface area contributed by atoms with Gasteiger partial charge in [0.25, 0.3) is 0 Å². The minimum atomic E-state index is -0.717. The van der Waals surface area contributed by atoms with Gasteiger partial charge in [-0.15, -0.1) is 0 Å². The SMILES string of the molecule is CC[C@H](C)[C@H](NC(=O)N1CCC2(CC1)C(=O)N(c1cncc(Cl)c1)C2c1ccccn1)C(=O)OC. The molecule has 4 rings (SSSR count). The smallest absolute Gasteiger partial charge is 0.328 e. The lowest BCUT2D eigenvalue weighted by molar-refractivity contribution is -0.144. The first-order valence-electron chi connectivity index (χ1n) is 11.8. The van der Waals surface area contributed by atoms with Gasteiger partial charge < -0.3 is 19.9 Å². The van der Waals surface area contributed by atoms with E-state index in [2.05, 4.69) is 15.3 Å². The van der Waals surface area contributed by atoms with Gasteiger partial charge >= 0.3 is 12.0 Å². The second kappa shape index (κ2) is 10.2. The Morgan fingerprint density at radius 3 is 2.63 bits per heavy atom. The summed E-state index contributed by atoms with van der Waals surface area (Å²) < 4.78 is 4.88. The van der Waals surface area contributed by atoms with E-state index >= 15 is 0 Å². The van der Waals surface area contributed by atoms with Crippen LogP contribution in [0.3, 0.4) is 0 Å². The number of carbonyl (C=O) groups is 3. The number of methoxy groups -OCH3 is 1. The number of amides is 3. The number of esters is 1. The molecule has 9 nitrogen and oxygen atoms in total. The number of carbonyl (C=O) groups excluding carboxylic acids is 3. The van der Waals surface area contributed by atoms with Gasteiger partial charge in [-0.05, 0) is 37.0 Å². The number of aromatic nitrogens is 2. The quantitative estimate of drug-likeness (QED) is 0.481. The molecule has 3 amide bonds. The maximum absolute atomic E-state index is 13.6. The lowest BCUT2D eigenvalue weighted by Gasteiger charge is -2.58. The number of halogens is 1. The van der Waals surface area contributed by atoms with Crippen molar-refractivity contribution >= 4 is 35.2 Å². The molecule has 35 heavy (non-hydrogen) atoms. The molecule has 2 saturated heterocycles. The molecule has 186 valence electrons. The first kappa shape index (κ1) is 24.9. The Balaban J connectivity index is 1.53. The van der Waals surface area contributed by atoms with Gasteiger partial charge in [-0.2, -0.15) is 0 Å². The highest BCUT2D eigenvalue weighted by molar-refractivity contribution is 6.30. The van der Waals surface area contributed by atoms with E-state index in [1.807, 2.05) is 32.0 Å². The summed E-state index contributed by atoms with van der Waals surface area (Å²) in [5.41, 5.74) is 0.734.